The van der Waals surface area contributed by atoms with E-state index in [2.05, 4.69) is 4.72 Å². The number of halogens is 1. The van der Waals surface area contributed by atoms with E-state index in [1.807, 2.05) is 0 Å². The van der Waals surface area contributed by atoms with Crippen LogP contribution in [0.5, 0.6) is 0 Å². The molecular weight excluding hydrogens is 254 g/mol. The van der Waals surface area contributed by atoms with Crippen molar-refractivity contribution in [3.8, 4) is 0 Å². The summed E-state index contributed by atoms with van der Waals surface area (Å²) >= 11 is 5.39. The molecule has 0 unspecified atom stereocenters. The SMILES string of the molecule is CCOC(=O)CCCNS(=O)(=O)CCCCl. The molecule has 7 heteroatoms. The number of carbonyl (C=O) groups is 1. The van der Waals surface area contributed by atoms with Gasteiger partial charge in [-0.1, -0.05) is 0 Å². The number of hydrogen-bond acceptors (Lipinski definition) is 4. The molecule has 0 radical (unpaired) electrons. The van der Waals surface area contributed by atoms with Gasteiger partial charge in [0, 0.05) is 18.8 Å². The number of nitrogens with one attached hydrogen (secondary N) is 1. The van der Waals surface area contributed by atoms with Gasteiger partial charge in [0.05, 0.1) is 12.4 Å². The zero-order valence-corrected chi connectivity index (χ0v) is 10.9. The van der Waals surface area contributed by atoms with Crippen LogP contribution in [-0.4, -0.2) is 39.2 Å². The van der Waals surface area contributed by atoms with Gasteiger partial charge in [-0.2, -0.15) is 0 Å². The van der Waals surface area contributed by atoms with Crippen LogP contribution in [0.25, 0.3) is 0 Å². The quantitative estimate of drug-likeness (QED) is 0.384. The van der Waals surface area contributed by atoms with Crippen LogP contribution in [0.4, 0.5) is 0 Å². The number of esters is 1. The highest BCUT2D eigenvalue weighted by molar-refractivity contribution is 7.89. The molecule has 0 fully saturated rings. The maximum absolute atomic E-state index is 11.3. The molecule has 5 nitrogen and oxygen atoms in total. The van der Waals surface area contributed by atoms with Gasteiger partial charge < -0.3 is 4.74 Å². The fourth-order valence-electron chi connectivity index (χ4n) is 1.01. The number of alkyl halides is 1. The average Bonchev–Trinajstić information content (AvgIpc) is 2.22. The first-order chi connectivity index (χ1) is 7.52. The number of sulfonamides is 1. The molecule has 0 aliphatic carbocycles. The van der Waals surface area contributed by atoms with Crippen LogP contribution >= 0.6 is 11.6 Å². The maximum atomic E-state index is 11.3. The fourth-order valence-corrected chi connectivity index (χ4v) is 2.43. The van der Waals surface area contributed by atoms with E-state index in [0.717, 1.165) is 0 Å². The van der Waals surface area contributed by atoms with Crippen LogP contribution in [0, 0.1) is 0 Å². The standard InChI is InChI=1S/C9H18ClNO4S/c1-2-15-9(12)5-3-7-11-16(13,14)8-4-6-10/h11H,2-8H2,1H3. The molecule has 0 atom stereocenters. The average molecular weight is 272 g/mol. The minimum Gasteiger partial charge on any atom is -0.466 e. The Kier molecular flexibility index (Phi) is 8.60. The van der Waals surface area contributed by atoms with Gasteiger partial charge in [-0.25, -0.2) is 13.1 Å². The van der Waals surface area contributed by atoms with E-state index in [1.165, 1.54) is 0 Å². The van der Waals surface area contributed by atoms with Gasteiger partial charge in [-0.15, -0.1) is 11.6 Å². The van der Waals surface area contributed by atoms with Crippen molar-refractivity contribution in [2.24, 2.45) is 0 Å². The zero-order chi connectivity index (χ0) is 12.4. The van der Waals surface area contributed by atoms with Gasteiger partial charge in [-0.05, 0) is 19.8 Å². The Bertz CT molecular complexity index is 292. The molecule has 0 amide bonds. The lowest BCUT2D eigenvalue weighted by Gasteiger charge is -2.05. The number of hydrogen-bond donors (Lipinski definition) is 1. The van der Waals surface area contributed by atoms with Gasteiger partial charge >= 0.3 is 5.97 Å². The molecule has 0 saturated heterocycles. The van der Waals surface area contributed by atoms with E-state index >= 15 is 0 Å². The van der Waals surface area contributed by atoms with Crippen LogP contribution in [0.3, 0.4) is 0 Å². The van der Waals surface area contributed by atoms with Gasteiger partial charge in [0.25, 0.3) is 0 Å². The van der Waals surface area contributed by atoms with Crippen molar-refractivity contribution >= 4 is 27.6 Å². The molecule has 0 aromatic carbocycles. The second-order valence-electron chi connectivity index (χ2n) is 3.16. The van der Waals surface area contributed by atoms with Crippen LogP contribution in [0.2, 0.25) is 0 Å². The van der Waals surface area contributed by atoms with Gasteiger partial charge in [0.2, 0.25) is 10.0 Å². The lowest BCUT2D eigenvalue weighted by molar-refractivity contribution is -0.143. The van der Waals surface area contributed by atoms with E-state index < -0.39 is 10.0 Å². The first-order valence-corrected chi connectivity index (χ1v) is 7.39. The van der Waals surface area contributed by atoms with Crippen molar-refractivity contribution in [1.29, 1.82) is 0 Å². The van der Waals surface area contributed by atoms with Crippen molar-refractivity contribution in [3.63, 3.8) is 0 Å². The minimum atomic E-state index is -3.24. The third-order valence-electron chi connectivity index (χ3n) is 1.73. The smallest absolute Gasteiger partial charge is 0.305 e. The van der Waals surface area contributed by atoms with E-state index in [9.17, 15) is 13.2 Å². The summed E-state index contributed by atoms with van der Waals surface area (Å²) in [5.41, 5.74) is 0. The molecule has 96 valence electrons. The second-order valence-corrected chi connectivity index (χ2v) is 5.47. The third-order valence-corrected chi connectivity index (χ3v) is 3.47. The summed E-state index contributed by atoms with van der Waals surface area (Å²) in [5, 5.41) is 0. The number of carbonyl (C=O) groups excluding carboxylic acids is 1. The molecule has 0 aliphatic rings. The van der Waals surface area contributed by atoms with E-state index in [-0.39, 0.29) is 24.7 Å². The predicted octanol–water partition coefficient (Wildman–Crippen LogP) is 0.878. The monoisotopic (exact) mass is 271 g/mol. The molecule has 0 spiro atoms. The molecule has 0 rings (SSSR count). The Hall–Kier alpha value is -0.330. The molecule has 1 N–H and O–H groups in total. The number of rotatable bonds is 9. The first-order valence-electron chi connectivity index (χ1n) is 5.20. The van der Waals surface area contributed by atoms with Gasteiger partial charge in [-0.3, -0.25) is 4.79 Å². The lowest BCUT2D eigenvalue weighted by atomic mass is 10.3. The van der Waals surface area contributed by atoms with Crippen LogP contribution in [-0.2, 0) is 19.6 Å². The molecule has 0 aromatic heterocycles. The number of ether oxygens (including phenoxy) is 1. The van der Waals surface area contributed by atoms with Gasteiger partial charge in [0.15, 0.2) is 0 Å². The third kappa shape index (κ3) is 8.94. The van der Waals surface area contributed by atoms with Crippen LogP contribution in [0.1, 0.15) is 26.2 Å². The first kappa shape index (κ1) is 15.7. The molecule has 0 bridgehead atoms. The zero-order valence-electron chi connectivity index (χ0n) is 9.37. The Morgan fingerprint density at radius 2 is 2.06 bits per heavy atom. The normalized spacial score (nSPS) is 11.4. The highest BCUT2D eigenvalue weighted by atomic mass is 35.5. The summed E-state index contributed by atoms with van der Waals surface area (Å²) in [4.78, 5) is 10.9. The van der Waals surface area contributed by atoms with Crippen LogP contribution < -0.4 is 4.72 Å². The van der Waals surface area contributed by atoms with Crippen molar-refractivity contribution < 1.29 is 17.9 Å². The van der Waals surface area contributed by atoms with E-state index in [1.54, 1.807) is 6.92 Å². The lowest BCUT2D eigenvalue weighted by Crippen LogP contribution is -2.28. The molecule has 0 aromatic rings. The maximum Gasteiger partial charge on any atom is 0.305 e. The summed E-state index contributed by atoms with van der Waals surface area (Å²) < 4.78 is 29.7. The molecule has 0 saturated carbocycles. The van der Waals surface area contributed by atoms with Crippen molar-refractivity contribution in [2.45, 2.75) is 26.2 Å². The summed E-state index contributed by atoms with van der Waals surface area (Å²) in [6, 6.07) is 0. The molecule has 16 heavy (non-hydrogen) atoms. The van der Waals surface area contributed by atoms with Crippen molar-refractivity contribution in [1.82, 2.24) is 4.72 Å². The summed E-state index contributed by atoms with van der Waals surface area (Å²) in [6.07, 6.45) is 1.10. The van der Waals surface area contributed by atoms with Crippen molar-refractivity contribution in [2.75, 3.05) is 24.8 Å². The van der Waals surface area contributed by atoms with Gasteiger partial charge in [0.1, 0.15) is 0 Å². The Labute approximate surface area is 102 Å². The van der Waals surface area contributed by atoms with Crippen LogP contribution in [0.15, 0.2) is 0 Å². The topological polar surface area (TPSA) is 72.5 Å². The predicted molar refractivity (Wildman–Crippen MR) is 63.0 cm³/mol. The molecular formula is C9H18ClNO4S. The van der Waals surface area contributed by atoms with E-state index in [4.69, 9.17) is 16.3 Å². The highest BCUT2D eigenvalue weighted by Crippen LogP contribution is 1.95. The fraction of sp³-hybridized carbons (Fsp3) is 0.889. The van der Waals surface area contributed by atoms with E-state index in [0.29, 0.717) is 25.3 Å². The molecule has 0 heterocycles. The second kappa shape index (κ2) is 8.78. The Morgan fingerprint density at radius 3 is 2.62 bits per heavy atom. The Morgan fingerprint density at radius 1 is 1.38 bits per heavy atom. The largest absolute Gasteiger partial charge is 0.466 e. The summed E-state index contributed by atoms with van der Waals surface area (Å²) in [6.45, 7) is 2.33. The minimum absolute atomic E-state index is 0.0237. The molecule has 0 aliphatic heterocycles. The van der Waals surface area contributed by atoms with Crippen molar-refractivity contribution in [3.05, 3.63) is 0 Å². The summed E-state index contributed by atoms with van der Waals surface area (Å²) in [5.74, 6) is 0.0436. The highest BCUT2D eigenvalue weighted by Gasteiger charge is 2.09. The Balaban J connectivity index is 3.61. The summed E-state index contributed by atoms with van der Waals surface area (Å²) in [7, 11) is -3.24.